The highest BCUT2D eigenvalue weighted by atomic mass is 79.9. The molecule has 0 spiro atoms. The minimum absolute atomic E-state index is 0.0729. The molecule has 0 radical (unpaired) electrons. The maximum absolute atomic E-state index is 12.1. The number of hydrogen-bond donors (Lipinski definition) is 1. The topological polar surface area (TPSA) is 72.2 Å². The average Bonchev–Trinajstić information content (AvgIpc) is 2.27. The van der Waals surface area contributed by atoms with Crippen LogP contribution in [0.5, 0.6) is 0 Å². The van der Waals surface area contributed by atoms with E-state index in [2.05, 4.69) is 21.2 Å². The normalized spacial score (nSPS) is 12.9. The zero-order chi connectivity index (χ0) is 14.8. The third-order valence-corrected chi connectivity index (χ3v) is 4.11. The molecule has 0 bridgehead atoms. The van der Waals surface area contributed by atoms with Gasteiger partial charge in [-0.3, -0.25) is 14.9 Å². The van der Waals surface area contributed by atoms with Crippen LogP contribution < -0.4 is 5.32 Å². The second-order valence-corrected chi connectivity index (χ2v) is 6.48. The van der Waals surface area contributed by atoms with Crippen LogP contribution in [0.15, 0.2) is 18.2 Å². The molecule has 0 aliphatic rings. The molecule has 1 N–H and O–H groups in total. The van der Waals surface area contributed by atoms with Crippen molar-refractivity contribution in [1.29, 1.82) is 0 Å². The van der Waals surface area contributed by atoms with Gasteiger partial charge in [0.25, 0.3) is 11.6 Å². The summed E-state index contributed by atoms with van der Waals surface area (Å²) in [6, 6.07) is 4.36. The van der Waals surface area contributed by atoms with Crippen LogP contribution in [0.3, 0.4) is 0 Å². The molecular formula is C13H17BrN2O3. The molecule has 1 unspecified atom stereocenters. The van der Waals surface area contributed by atoms with Gasteiger partial charge in [-0.05, 0) is 32.4 Å². The highest BCUT2D eigenvalue weighted by Gasteiger charge is 2.26. The van der Waals surface area contributed by atoms with Gasteiger partial charge in [-0.25, -0.2) is 0 Å². The van der Waals surface area contributed by atoms with E-state index >= 15 is 0 Å². The van der Waals surface area contributed by atoms with Crippen LogP contribution in [-0.4, -0.2) is 21.2 Å². The van der Waals surface area contributed by atoms with Crippen molar-refractivity contribution in [3.8, 4) is 0 Å². The van der Waals surface area contributed by atoms with Gasteiger partial charge in [0.1, 0.15) is 0 Å². The van der Waals surface area contributed by atoms with Gasteiger partial charge in [0.15, 0.2) is 0 Å². The van der Waals surface area contributed by atoms with Crippen LogP contribution in [0.4, 0.5) is 5.69 Å². The molecule has 1 aromatic rings. The molecule has 19 heavy (non-hydrogen) atoms. The number of nitrogens with one attached hydrogen (secondary N) is 1. The van der Waals surface area contributed by atoms with E-state index in [4.69, 9.17) is 0 Å². The van der Waals surface area contributed by atoms with E-state index in [9.17, 15) is 14.9 Å². The van der Waals surface area contributed by atoms with Crippen molar-refractivity contribution < 1.29 is 9.72 Å². The molecule has 6 heteroatoms. The lowest BCUT2D eigenvalue weighted by atomic mass is 10.0. The van der Waals surface area contributed by atoms with Gasteiger partial charge in [-0.2, -0.15) is 0 Å². The molecule has 1 atom stereocenters. The van der Waals surface area contributed by atoms with Gasteiger partial charge in [-0.15, -0.1) is 0 Å². The molecule has 104 valence electrons. The van der Waals surface area contributed by atoms with Crippen molar-refractivity contribution in [2.45, 2.75) is 38.1 Å². The first kappa shape index (κ1) is 15.6. The van der Waals surface area contributed by atoms with Gasteiger partial charge in [0.05, 0.1) is 4.92 Å². The molecule has 0 aliphatic heterocycles. The van der Waals surface area contributed by atoms with Crippen LogP contribution in [0.25, 0.3) is 0 Å². The number of nitrogens with zero attached hydrogens (tertiary/aromatic N) is 1. The molecule has 0 saturated heterocycles. The molecule has 0 fully saturated rings. The molecule has 0 aliphatic carbocycles. The fourth-order valence-corrected chi connectivity index (χ4v) is 1.58. The van der Waals surface area contributed by atoms with E-state index in [0.717, 1.165) is 0 Å². The maximum Gasteiger partial charge on any atom is 0.270 e. The smallest absolute Gasteiger partial charge is 0.270 e. The Labute approximate surface area is 120 Å². The average molecular weight is 329 g/mol. The number of hydrogen-bond acceptors (Lipinski definition) is 3. The third kappa shape index (κ3) is 4.02. The Morgan fingerprint density at radius 2 is 2.00 bits per heavy atom. The number of halogens is 1. The molecule has 1 rings (SSSR count). The summed E-state index contributed by atoms with van der Waals surface area (Å²) in [5.74, 6) is -0.317. The summed E-state index contributed by atoms with van der Waals surface area (Å²) in [5, 5.41) is 13.6. The summed E-state index contributed by atoms with van der Waals surface area (Å²) >= 11 is 3.43. The first-order valence-corrected chi connectivity index (χ1v) is 6.77. The first-order valence-electron chi connectivity index (χ1n) is 5.86. The Morgan fingerprint density at radius 1 is 1.42 bits per heavy atom. The van der Waals surface area contributed by atoms with E-state index in [1.807, 2.05) is 20.8 Å². The van der Waals surface area contributed by atoms with Crippen LogP contribution in [0.2, 0.25) is 0 Å². The van der Waals surface area contributed by atoms with E-state index in [1.54, 1.807) is 13.0 Å². The fourth-order valence-electron chi connectivity index (χ4n) is 1.46. The lowest BCUT2D eigenvalue weighted by Crippen LogP contribution is -2.48. The van der Waals surface area contributed by atoms with E-state index in [0.29, 0.717) is 11.1 Å². The second-order valence-electron chi connectivity index (χ2n) is 5.11. The molecule has 0 aromatic heterocycles. The standard InChI is InChI=1S/C13H17BrN2O3/c1-8-5-10(7-11(6-8)16(18)19)12(17)15-13(3,4)9(2)14/h5-7,9H,1-4H3,(H,15,17). The minimum Gasteiger partial charge on any atom is -0.346 e. The summed E-state index contributed by atoms with van der Waals surface area (Å²) in [5.41, 5.74) is 0.460. The van der Waals surface area contributed by atoms with Gasteiger partial charge in [0.2, 0.25) is 0 Å². The number of amides is 1. The van der Waals surface area contributed by atoms with Crippen molar-refractivity contribution in [3.05, 3.63) is 39.4 Å². The lowest BCUT2D eigenvalue weighted by Gasteiger charge is -2.29. The minimum atomic E-state index is -0.498. The van der Waals surface area contributed by atoms with E-state index < -0.39 is 10.5 Å². The van der Waals surface area contributed by atoms with Gasteiger partial charge >= 0.3 is 0 Å². The monoisotopic (exact) mass is 328 g/mol. The number of alkyl halides is 1. The Morgan fingerprint density at radius 3 is 2.47 bits per heavy atom. The molecular weight excluding hydrogens is 312 g/mol. The molecule has 1 amide bonds. The third-order valence-electron chi connectivity index (χ3n) is 2.97. The van der Waals surface area contributed by atoms with Crippen LogP contribution in [0.1, 0.15) is 36.7 Å². The lowest BCUT2D eigenvalue weighted by molar-refractivity contribution is -0.384. The zero-order valence-corrected chi connectivity index (χ0v) is 12.9. The number of carbonyl (C=O) groups is 1. The molecule has 0 heterocycles. The number of carbonyl (C=O) groups excluding carboxylic acids is 1. The summed E-state index contributed by atoms with van der Waals surface area (Å²) < 4.78 is 0. The number of non-ortho nitro benzene ring substituents is 1. The Balaban J connectivity index is 3.04. The number of aryl methyl sites for hydroxylation is 1. The van der Waals surface area contributed by atoms with Crippen LogP contribution in [-0.2, 0) is 0 Å². The van der Waals surface area contributed by atoms with Crippen LogP contribution in [0, 0.1) is 17.0 Å². The van der Waals surface area contributed by atoms with E-state index in [1.165, 1.54) is 12.1 Å². The Hall–Kier alpha value is -1.43. The second kappa shape index (κ2) is 5.69. The summed E-state index contributed by atoms with van der Waals surface area (Å²) in [6.45, 7) is 7.42. The summed E-state index contributed by atoms with van der Waals surface area (Å²) in [6.07, 6.45) is 0. The van der Waals surface area contributed by atoms with Gasteiger partial charge in [0, 0.05) is 28.1 Å². The number of benzene rings is 1. The highest BCUT2D eigenvalue weighted by molar-refractivity contribution is 9.09. The molecule has 1 aromatic carbocycles. The van der Waals surface area contributed by atoms with E-state index in [-0.39, 0.29) is 16.4 Å². The first-order chi connectivity index (χ1) is 8.63. The molecule has 5 nitrogen and oxygen atoms in total. The predicted molar refractivity (Wildman–Crippen MR) is 77.8 cm³/mol. The van der Waals surface area contributed by atoms with Crippen LogP contribution >= 0.6 is 15.9 Å². The number of nitro benzene ring substituents is 1. The van der Waals surface area contributed by atoms with Crippen molar-refractivity contribution in [1.82, 2.24) is 5.32 Å². The maximum atomic E-state index is 12.1. The Bertz CT molecular complexity index is 513. The van der Waals surface area contributed by atoms with Gasteiger partial charge < -0.3 is 5.32 Å². The molecule has 0 saturated carbocycles. The van der Waals surface area contributed by atoms with Gasteiger partial charge in [-0.1, -0.05) is 22.9 Å². The number of rotatable bonds is 4. The Kier molecular flexibility index (Phi) is 4.68. The SMILES string of the molecule is Cc1cc(C(=O)NC(C)(C)C(C)Br)cc([N+](=O)[O-])c1. The predicted octanol–water partition coefficient (Wildman–Crippen LogP) is 3.20. The fraction of sp³-hybridized carbons (Fsp3) is 0.462. The van der Waals surface area contributed by atoms with Crippen molar-refractivity contribution >= 4 is 27.5 Å². The number of nitro groups is 1. The van der Waals surface area contributed by atoms with Crippen molar-refractivity contribution in [3.63, 3.8) is 0 Å². The van der Waals surface area contributed by atoms with Crippen molar-refractivity contribution in [2.75, 3.05) is 0 Å². The summed E-state index contributed by atoms with van der Waals surface area (Å²) in [4.78, 5) is 22.5. The zero-order valence-electron chi connectivity index (χ0n) is 11.4. The quantitative estimate of drug-likeness (QED) is 0.524. The van der Waals surface area contributed by atoms with Crippen molar-refractivity contribution in [2.24, 2.45) is 0 Å². The largest absolute Gasteiger partial charge is 0.346 e. The summed E-state index contributed by atoms with van der Waals surface area (Å²) in [7, 11) is 0. The highest BCUT2D eigenvalue weighted by Crippen LogP contribution is 2.20.